The van der Waals surface area contributed by atoms with Gasteiger partial charge in [0.2, 0.25) is 5.78 Å². The molecule has 0 saturated heterocycles. The molecule has 12 heteroatoms. The van der Waals surface area contributed by atoms with Gasteiger partial charge in [0.15, 0.2) is 10.7 Å². The van der Waals surface area contributed by atoms with Gasteiger partial charge in [0.1, 0.15) is 4.91 Å². The summed E-state index contributed by atoms with van der Waals surface area (Å²) in [5.41, 5.74) is 0.360. The zero-order chi connectivity index (χ0) is 17.9. The van der Waals surface area contributed by atoms with Crippen molar-refractivity contribution >= 4 is 114 Å². The Kier molecular flexibility index (Phi) is 7.20. The van der Waals surface area contributed by atoms with Crippen LogP contribution in [-0.2, 0) is 29.8 Å². The monoisotopic (exact) mass is 414 g/mol. The van der Waals surface area contributed by atoms with E-state index < -0.39 is 35.8 Å². The molecule has 2 N–H and O–H groups in total. The maximum Gasteiger partial charge on any atom is 0.299 e. The van der Waals surface area contributed by atoms with E-state index in [-0.39, 0.29) is 75.7 Å². The zero-order valence-electron chi connectivity index (χ0n) is 13.6. The van der Waals surface area contributed by atoms with Gasteiger partial charge in [-0.1, -0.05) is 6.08 Å². The van der Waals surface area contributed by atoms with Gasteiger partial charge in [-0.05, 0) is 46.7 Å². The van der Waals surface area contributed by atoms with Gasteiger partial charge in [-0.15, -0.1) is 0 Å². The fourth-order valence-corrected chi connectivity index (χ4v) is 3.97. The predicted octanol–water partition coefficient (Wildman–Crippen LogP) is -1.89. The van der Waals surface area contributed by atoms with Crippen molar-refractivity contribution in [2.75, 3.05) is 0 Å². The minimum absolute atomic E-state index is 0. The average Bonchev–Trinajstić information content (AvgIpc) is 2.42. The fraction of sp³-hybridized carbons (Fsp3) is 0. The molecule has 0 fully saturated rings. The second kappa shape index (κ2) is 7.92. The molecule has 0 bridgehead atoms. The number of Topliss-reactive ketones (excluding diaryl/α,β-unsaturated/α-hetero) is 1. The molecule has 1 aromatic rings. The average molecular weight is 414 g/mol. The van der Waals surface area contributed by atoms with Crippen LogP contribution in [0.15, 0.2) is 23.1 Å². The normalized spacial score (nSPS) is 15.8. The van der Waals surface area contributed by atoms with Crippen LogP contribution in [0.25, 0.3) is 23.1 Å². The SMILES string of the molecule is O=C1C=Cc2cc3c(cc2=C1)C=C(S(=O)(=O)O)C(=O)C=3S(=O)(=O)O.[Na].[Na]. The summed E-state index contributed by atoms with van der Waals surface area (Å²) in [6, 6.07) is 2.53. The van der Waals surface area contributed by atoms with Crippen molar-refractivity contribution in [2.24, 2.45) is 0 Å². The Labute approximate surface area is 192 Å². The van der Waals surface area contributed by atoms with Crippen LogP contribution in [0.2, 0.25) is 0 Å². The minimum Gasteiger partial charge on any atom is -0.290 e. The Hall–Kier alpha value is -0.400. The molecule has 8 nitrogen and oxygen atoms in total. The van der Waals surface area contributed by atoms with Crippen molar-refractivity contribution < 1.29 is 35.5 Å². The third-order valence-electron chi connectivity index (χ3n) is 3.48. The molecule has 0 saturated carbocycles. The van der Waals surface area contributed by atoms with Gasteiger partial charge in [0.05, 0.1) is 0 Å². The van der Waals surface area contributed by atoms with Crippen LogP contribution in [0, 0.1) is 0 Å². The van der Waals surface area contributed by atoms with Gasteiger partial charge < -0.3 is 0 Å². The van der Waals surface area contributed by atoms with E-state index in [4.69, 9.17) is 4.55 Å². The Balaban J connectivity index is 0.00000169. The van der Waals surface area contributed by atoms with Crippen LogP contribution >= 0.6 is 0 Å². The number of benzene rings is 1. The first-order valence-electron chi connectivity index (χ1n) is 6.32. The summed E-state index contributed by atoms with van der Waals surface area (Å²) in [6.07, 6.45) is 4.65. The smallest absolute Gasteiger partial charge is 0.290 e. The van der Waals surface area contributed by atoms with Crippen LogP contribution < -0.4 is 10.4 Å². The maximum absolute atomic E-state index is 12.1. The van der Waals surface area contributed by atoms with E-state index >= 15 is 0 Å². The number of hydrogen-bond donors (Lipinski definition) is 2. The van der Waals surface area contributed by atoms with E-state index in [1.807, 2.05) is 0 Å². The molecule has 2 aliphatic carbocycles. The van der Waals surface area contributed by atoms with Crippen molar-refractivity contribution in [3.63, 3.8) is 0 Å². The second-order valence-corrected chi connectivity index (χ2v) is 7.81. The maximum atomic E-state index is 12.1. The predicted molar refractivity (Wildman–Crippen MR) is 95.2 cm³/mol. The number of rotatable bonds is 2. The molecule has 0 aromatic heterocycles. The summed E-state index contributed by atoms with van der Waals surface area (Å²) < 4.78 is 64.2. The minimum atomic E-state index is -5.07. The summed E-state index contributed by atoms with van der Waals surface area (Å²) in [6.45, 7) is 0. The van der Waals surface area contributed by atoms with Crippen LogP contribution in [0.4, 0.5) is 0 Å². The molecule has 0 aliphatic heterocycles. The van der Waals surface area contributed by atoms with Crippen LogP contribution in [-0.4, -0.2) is 96.6 Å². The van der Waals surface area contributed by atoms with E-state index in [0.717, 1.165) is 6.08 Å². The number of hydrogen-bond acceptors (Lipinski definition) is 6. The molecule has 0 unspecified atom stereocenters. The number of carbonyl (C=O) groups excluding carboxylic acids is 2. The third-order valence-corrected chi connectivity index (χ3v) is 5.26. The van der Waals surface area contributed by atoms with Crippen LogP contribution in [0.3, 0.4) is 0 Å². The Morgan fingerprint density at radius 1 is 0.769 bits per heavy atom. The zero-order valence-corrected chi connectivity index (χ0v) is 19.3. The van der Waals surface area contributed by atoms with Crippen molar-refractivity contribution in [1.82, 2.24) is 0 Å². The summed E-state index contributed by atoms with van der Waals surface area (Å²) in [7, 11) is -10.1. The Morgan fingerprint density at radius 2 is 1.38 bits per heavy atom. The van der Waals surface area contributed by atoms with E-state index in [9.17, 15) is 31.0 Å². The van der Waals surface area contributed by atoms with Crippen molar-refractivity contribution in [1.29, 1.82) is 0 Å². The Morgan fingerprint density at radius 3 is 1.92 bits per heavy atom. The summed E-state index contributed by atoms with van der Waals surface area (Å²) in [5.74, 6) is -1.86. The quantitative estimate of drug-likeness (QED) is 0.422. The van der Waals surface area contributed by atoms with Gasteiger partial charge in [0, 0.05) is 64.3 Å². The standard InChI is InChI=1S/C14H8O8S2.2Na/c15-10-2-1-7-5-11-9(3-8(7)4-10)6-12(23(17,18)19)13(16)14(11)24(20,21)22;;/h1-6H,(H,17,18,19)(H,20,21,22);;. The third kappa shape index (κ3) is 4.36. The molecular weight excluding hydrogens is 406 g/mol. The van der Waals surface area contributed by atoms with E-state index in [1.54, 1.807) is 0 Å². The van der Waals surface area contributed by atoms with Gasteiger partial charge in [0.25, 0.3) is 20.2 Å². The van der Waals surface area contributed by atoms with Crippen molar-refractivity contribution in [3.8, 4) is 0 Å². The van der Waals surface area contributed by atoms with E-state index in [2.05, 4.69) is 0 Å². The molecule has 3 rings (SSSR count). The molecule has 2 aliphatic rings. The molecule has 0 atom stereocenters. The molecule has 2 radical (unpaired) electrons. The first-order valence-corrected chi connectivity index (χ1v) is 9.20. The van der Waals surface area contributed by atoms with Crippen molar-refractivity contribution in [2.45, 2.75) is 0 Å². The summed E-state index contributed by atoms with van der Waals surface area (Å²) >= 11 is 0. The van der Waals surface area contributed by atoms with Gasteiger partial charge in [-0.25, -0.2) is 0 Å². The van der Waals surface area contributed by atoms with Crippen LogP contribution in [0.1, 0.15) is 11.1 Å². The summed E-state index contributed by atoms with van der Waals surface area (Å²) in [5, 5.41) is 0.150. The first kappa shape index (κ1) is 23.6. The number of allylic oxidation sites excluding steroid dienone is 2. The molecule has 126 valence electrons. The molecule has 1 aromatic carbocycles. The van der Waals surface area contributed by atoms with E-state index in [0.29, 0.717) is 10.8 Å². The van der Waals surface area contributed by atoms with Gasteiger partial charge in [-0.3, -0.25) is 18.7 Å². The first-order chi connectivity index (χ1) is 11.0. The Bertz CT molecular complexity index is 1220. The molecular formula is C14H8Na2O8S2. The van der Waals surface area contributed by atoms with Gasteiger partial charge in [-0.2, -0.15) is 16.8 Å². The number of ketones is 2. The van der Waals surface area contributed by atoms with Crippen molar-refractivity contribution in [3.05, 3.63) is 44.7 Å². The van der Waals surface area contributed by atoms with Crippen LogP contribution in [0.5, 0.6) is 0 Å². The molecule has 0 heterocycles. The molecule has 26 heavy (non-hydrogen) atoms. The van der Waals surface area contributed by atoms with E-state index in [1.165, 1.54) is 30.4 Å². The number of carbonyl (C=O) groups is 2. The second-order valence-electron chi connectivity index (χ2n) is 5.07. The number of fused-ring (bicyclic) bond motifs is 2. The van der Waals surface area contributed by atoms with Gasteiger partial charge >= 0.3 is 0 Å². The fourth-order valence-electron chi connectivity index (χ4n) is 2.50. The molecule has 0 spiro atoms. The largest absolute Gasteiger partial charge is 0.299 e. The topological polar surface area (TPSA) is 143 Å². The molecule has 0 amide bonds. The summed E-state index contributed by atoms with van der Waals surface area (Å²) in [4.78, 5) is 21.2.